The van der Waals surface area contributed by atoms with Gasteiger partial charge in [-0.3, -0.25) is 9.67 Å². The molecule has 1 aliphatic rings. The maximum absolute atomic E-state index is 6.10. The highest BCUT2D eigenvalue weighted by Crippen LogP contribution is 2.28. The molecule has 0 spiro atoms. The number of hydrogen-bond donors (Lipinski definition) is 0. The van der Waals surface area contributed by atoms with Crippen molar-refractivity contribution in [1.82, 2.24) is 14.8 Å². The number of aromatic nitrogens is 3. The zero-order valence-electron chi connectivity index (χ0n) is 14.4. The van der Waals surface area contributed by atoms with Crippen LogP contribution in [0.5, 0.6) is 0 Å². The third-order valence-electron chi connectivity index (χ3n) is 4.64. The summed E-state index contributed by atoms with van der Waals surface area (Å²) in [7, 11) is 0. The Morgan fingerprint density at radius 1 is 1.24 bits per heavy atom. The number of nitrogens with zero attached hydrogens (tertiary/aromatic N) is 4. The number of benzene rings is 1. The zero-order valence-corrected chi connectivity index (χ0v) is 15.2. The fraction of sp³-hybridized carbons (Fsp3) is 0.368. The lowest BCUT2D eigenvalue weighted by atomic mass is 10.1. The highest BCUT2D eigenvalue weighted by molar-refractivity contribution is 6.31. The number of rotatable bonds is 3. The van der Waals surface area contributed by atoms with E-state index in [0.29, 0.717) is 11.6 Å². The standard InChI is InChI=1S/C19H21ClN4O/c1-13-9-14(2)24(22-13)12-16-11-23(7-8-25-16)19-5-6-21-18-10-15(20)3-4-17(18)19/h3-6,9-10,16H,7-8,11-12H2,1-2H3. The number of fused-ring (bicyclic) bond motifs is 1. The van der Waals surface area contributed by atoms with Crippen LogP contribution >= 0.6 is 11.6 Å². The average Bonchev–Trinajstić information content (AvgIpc) is 2.91. The monoisotopic (exact) mass is 356 g/mol. The van der Waals surface area contributed by atoms with Gasteiger partial charge in [-0.05, 0) is 44.2 Å². The van der Waals surface area contributed by atoms with Gasteiger partial charge in [-0.15, -0.1) is 0 Å². The summed E-state index contributed by atoms with van der Waals surface area (Å²) in [6.07, 6.45) is 1.96. The molecule has 1 saturated heterocycles. The van der Waals surface area contributed by atoms with Crippen molar-refractivity contribution in [2.75, 3.05) is 24.6 Å². The quantitative estimate of drug-likeness (QED) is 0.719. The number of anilines is 1. The summed E-state index contributed by atoms with van der Waals surface area (Å²) in [5.74, 6) is 0. The second-order valence-corrected chi connectivity index (χ2v) is 6.98. The molecule has 0 aliphatic carbocycles. The van der Waals surface area contributed by atoms with Crippen LogP contribution in [0.1, 0.15) is 11.4 Å². The highest BCUT2D eigenvalue weighted by Gasteiger charge is 2.23. The molecule has 0 N–H and O–H groups in total. The van der Waals surface area contributed by atoms with Crippen molar-refractivity contribution in [1.29, 1.82) is 0 Å². The molecule has 0 saturated carbocycles. The van der Waals surface area contributed by atoms with Crippen molar-refractivity contribution in [3.8, 4) is 0 Å². The second kappa shape index (κ2) is 6.65. The van der Waals surface area contributed by atoms with E-state index in [1.807, 2.05) is 36.0 Å². The van der Waals surface area contributed by atoms with Gasteiger partial charge >= 0.3 is 0 Å². The van der Waals surface area contributed by atoms with Crippen LogP contribution in [0.3, 0.4) is 0 Å². The Labute approximate surface area is 152 Å². The molecule has 25 heavy (non-hydrogen) atoms. The van der Waals surface area contributed by atoms with Crippen LogP contribution in [-0.4, -0.2) is 40.6 Å². The third kappa shape index (κ3) is 3.34. The van der Waals surface area contributed by atoms with E-state index in [1.165, 1.54) is 11.4 Å². The maximum atomic E-state index is 6.10. The average molecular weight is 357 g/mol. The van der Waals surface area contributed by atoms with E-state index in [9.17, 15) is 0 Å². The van der Waals surface area contributed by atoms with E-state index in [2.05, 4.69) is 34.0 Å². The van der Waals surface area contributed by atoms with Gasteiger partial charge < -0.3 is 9.64 Å². The molecule has 130 valence electrons. The van der Waals surface area contributed by atoms with E-state index in [-0.39, 0.29) is 6.10 Å². The molecule has 0 bridgehead atoms. The Bertz CT molecular complexity index is 908. The number of pyridine rings is 1. The lowest BCUT2D eigenvalue weighted by molar-refractivity contribution is 0.0271. The van der Waals surface area contributed by atoms with Crippen LogP contribution in [0.25, 0.3) is 10.9 Å². The van der Waals surface area contributed by atoms with Gasteiger partial charge in [0.1, 0.15) is 0 Å². The SMILES string of the molecule is Cc1cc(C)n(CC2CN(c3ccnc4cc(Cl)ccc34)CCO2)n1. The van der Waals surface area contributed by atoms with Crippen LogP contribution in [0, 0.1) is 13.8 Å². The molecule has 1 aromatic carbocycles. The van der Waals surface area contributed by atoms with E-state index in [0.717, 1.165) is 36.2 Å². The van der Waals surface area contributed by atoms with Crippen molar-refractivity contribution >= 4 is 28.2 Å². The van der Waals surface area contributed by atoms with Crippen molar-refractivity contribution in [3.05, 3.63) is 52.9 Å². The van der Waals surface area contributed by atoms with Crippen molar-refractivity contribution in [2.24, 2.45) is 0 Å². The summed E-state index contributed by atoms with van der Waals surface area (Å²) < 4.78 is 8.03. The van der Waals surface area contributed by atoms with Crippen molar-refractivity contribution in [3.63, 3.8) is 0 Å². The summed E-state index contributed by atoms with van der Waals surface area (Å²) in [6, 6.07) is 10.0. The van der Waals surface area contributed by atoms with Gasteiger partial charge in [0, 0.05) is 41.1 Å². The van der Waals surface area contributed by atoms with Gasteiger partial charge in [-0.2, -0.15) is 5.10 Å². The van der Waals surface area contributed by atoms with Crippen molar-refractivity contribution in [2.45, 2.75) is 26.5 Å². The van der Waals surface area contributed by atoms with Crippen LogP contribution in [-0.2, 0) is 11.3 Å². The van der Waals surface area contributed by atoms with Crippen LogP contribution in [0.4, 0.5) is 5.69 Å². The summed E-state index contributed by atoms with van der Waals surface area (Å²) in [4.78, 5) is 6.81. The molecule has 3 heterocycles. The van der Waals surface area contributed by atoms with E-state index in [1.54, 1.807) is 0 Å². The first-order chi connectivity index (χ1) is 12.1. The summed E-state index contributed by atoms with van der Waals surface area (Å²) in [6.45, 7) is 7.29. The molecule has 1 aliphatic heterocycles. The lowest BCUT2D eigenvalue weighted by Gasteiger charge is -2.35. The van der Waals surface area contributed by atoms with Gasteiger partial charge in [0.25, 0.3) is 0 Å². The van der Waals surface area contributed by atoms with E-state index < -0.39 is 0 Å². The first kappa shape index (κ1) is 16.4. The molecule has 6 heteroatoms. The Hall–Kier alpha value is -2.11. The van der Waals surface area contributed by atoms with Crippen molar-refractivity contribution < 1.29 is 4.74 Å². The molecular weight excluding hydrogens is 336 g/mol. The predicted molar refractivity (Wildman–Crippen MR) is 100 cm³/mol. The Kier molecular flexibility index (Phi) is 4.36. The van der Waals surface area contributed by atoms with Gasteiger partial charge in [0.2, 0.25) is 0 Å². The maximum Gasteiger partial charge on any atom is 0.0946 e. The Balaban J connectivity index is 1.58. The summed E-state index contributed by atoms with van der Waals surface area (Å²) in [5, 5.41) is 6.39. The topological polar surface area (TPSA) is 43.2 Å². The fourth-order valence-corrected chi connectivity index (χ4v) is 3.65. The molecule has 0 amide bonds. The molecule has 2 aromatic heterocycles. The van der Waals surface area contributed by atoms with Crippen LogP contribution in [0.15, 0.2) is 36.5 Å². The van der Waals surface area contributed by atoms with Gasteiger partial charge in [0.05, 0.1) is 30.5 Å². The number of morpholine rings is 1. The number of ether oxygens (including phenoxy) is 1. The minimum absolute atomic E-state index is 0.113. The second-order valence-electron chi connectivity index (χ2n) is 6.54. The zero-order chi connectivity index (χ0) is 17.4. The van der Waals surface area contributed by atoms with Gasteiger partial charge in [-0.25, -0.2) is 0 Å². The molecule has 4 rings (SSSR count). The number of aryl methyl sites for hydroxylation is 2. The summed E-state index contributed by atoms with van der Waals surface area (Å²) in [5.41, 5.74) is 4.32. The highest BCUT2D eigenvalue weighted by atomic mass is 35.5. The first-order valence-corrected chi connectivity index (χ1v) is 8.90. The Morgan fingerprint density at radius 3 is 2.92 bits per heavy atom. The molecule has 1 fully saturated rings. The van der Waals surface area contributed by atoms with E-state index in [4.69, 9.17) is 16.3 Å². The summed E-state index contributed by atoms with van der Waals surface area (Å²) >= 11 is 6.10. The molecular formula is C19H21ClN4O. The predicted octanol–water partition coefficient (Wildman–Crippen LogP) is 3.61. The third-order valence-corrected chi connectivity index (χ3v) is 4.88. The number of hydrogen-bond acceptors (Lipinski definition) is 4. The molecule has 1 unspecified atom stereocenters. The Morgan fingerprint density at radius 2 is 2.12 bits per heavy atom. The van der Waals surface area contributed by atoms with Gasteiger partial charge in [-0.1, -0.05) is 11.6 Å². The number of halogens is 1. The normalized spacial score (nSPS) is 18.0. The smallest absolute Gasteiger partial charge is 0.0946 e. The molecule has 0 radical (unpaired) electrons. The lowest BCUT2D eigenvalue weighted by Crippen LogP contribution is -2.44. The first-order valence-electron chi connectivity index (χ1n) is 8.52. The largest absolute Gasteiger partial charge is 0.373 e. The van der Waals surface area contributed by atoms with Crippen LogP contribution in [0.2, 0.25) is 5.02 Å². The van der Waals surface area contributed by atoms with Gasteiger partial charge in [0.15, 0.2) is 0 Å². The minimum atomic E-state index is 0.113. The van der Waals surface area contributed by atoms with E-state index >= 15 is 0 Å². The fourth-order valence-electron chi connectivity index (χ4n) is 3.48. The van der Waals surface area contributed by atoms with Crippen LogP contribution < -0.4 is 4.90 Å². The minimum Gasteiger partial charge on any atom is -0.373 e. The molecule has 1 atom stereocenters. The molecule has 5 nitrogen and oxygen atoms in total. The molecule has 3 aromatic rings.